The zero-order valence-corrected chi connectivity index (χ0v) is 15.7. The normalized spacial score (nSPS) is 11.8. The van der Waals surface area contributed by atoms with Crippen LogP contribution in [-0.4, -0.2) is 26.2 Å². The molecule has 2 aromatic rings. The molecule has 0 bridgehead atoms. The molecule has 0 aliphatic heterocycles. The highest BCUT2D eigenvalue weighted by molar-refractivity contribution is 5.95. The monoisotopic (exact) mass is 379 g/mol. The first-order valence-corrected chi connectivity index (χ1v) is 8.52. The molecule has 0 radical (unpaired) electrons. The number of hydrogen-bond acceptors (Lipinski definition) is 4. The van der Waals surface area contributed by atoms with Gasteiger partial charge in [0.1, 0.15) is 5.75 Å². The van der Waals surface area contributed by atoms with Crippen LogP contribution >= 0.6 is 0 Å². The molecule has 0 aliphatic rings. The van der Waals surface area contributed by atoms with Gasteiger partial charge in [-0.05, 0) is 45.0 Å². The third kappa shape index (κ3) is 5.32. The number of methoxy groups -OCH3 is 1. The predicted octanol–water partition coefficient (Wildman–Crippen LogP) is 4.49. The molecule has 1 unspecified atom stereocenters. The van der Waals surface area contributed by atoms with Crippen molar-refractivity contribution in [3.63, 3.8) is 0 Å². The van der Waals surface area contributed by atoms with Gasteiger partial charge in [-0.2, -0.15) is 8.78 Å². The minimum absolute atomic E-state index is 0.0891. The Morgan fingerprint density at radius 3 is 2.44 bits per heavy atom. The van der Waals surface area contributed by atoms with Crippen LogP contribution in [0.2, 0.25) is 0 Å². The van der Waals surface area contributed by atoms with Gasteiger partial charge in [-0.25, -0.2) is 0 Å². The Balaban J connectivity index is 2.22. The maximum Gasteiger partial charge on any atom is 0.387 e. The van der Waals surface area contributed by atoms with Crippen molar-refractivity contribution in [3.8, 4) is 17.2 Å². The largest absolute Gasteiger partial charge is 0.496 e. The van der Waals surface area contributed by atoms with E-state index in [0.717, 1.165) is 11.1 Å². The second-order valence-corrected chi connectivity index (χ2v) is 5.91. The standard InChI is InChI=1S/C20H23F2NO4/c1-5-26-18-11-14(7-9-17(18)27-20(21)22)19(24)23-13(3)15-10-12(2)6-8-16(15)25-4/h6-11,13,20H,5H2,1-4H3,(H,23,24). The van der Waals surface area contributed by atoms with Crippen molar-refractivity contribution in [1.29, 1.82) is 0 Å². The van der Waals surface area contributed by atoms with Gasteiger partial charge in [-0.1, -0.05) is 17.7 Å². The second kappa shape index (κ2) is 9.21. The molecule has 1 atom stereocenters. The lowest BCUT2D eigenvalue weighted by molar-refractivity contribution is -0.0514. The highest BCUT2D eigenvalue weighted by Crippen LogP contribution is 2.31. The van der Waals surface area contributed by atoms with E-state index in [1.165, 1.54) is 18.2 Å². The molecule has 27 heavy (non-hydrogen) atoms. The van der Waals surface area contributed by atoms with Crippen molar-refractivity contribution < 1.29 is 27.8 Å². The average molecular weight is 379 g/mol. The lowest BCUT2D eigenvalue weighted by atomic mass is 10.0. The summed E-state index contributed by atoms with van der Waals surface area (Å²) in [6, 6.07) is 9.48. The Kier molecular flexibility index (Phi) is 6.98. The highest BCUT2D eigenvalue weighted by atomic mass is 19.3. The fourth-order valence-corrected chi connectivity index (χ4v) is 2.66. The van der Waals surface area contributed by atoms with Gasteiger partial charge in [0.25, 0.3) is 5.91 Å². The Morgan fingerprint density at radius 2 is 1.81 bits per heavy atom. The molecule has 1 N–H and O–H groups in total. The van der Waals surface area contributed by atoms with Gasteiger partial charge in [-0.3, -0.25) is 4.79 Å². The summed E-state index contributed by atoms with van der Waals surface area (Å²) in [5.41, 5.74) is 2.16. The lowest BCUT2D eigenvalue weighted by Gasteiger charge is -2.18. The van der Waals surface area contributed by atoms with E-state index in [0.29, 0.717) is 5.75 Å². The van der Waals surface area contributed by atoms with E-state index < -0.39 is 6.61 Å². The van der Waals surface area contributed by atoms with Gasteiger partial charge < -0.3 is 19.5 Å². The minimum Gasteiger partial charge on any atom is -0.496 e. The third-order valence-corrected chi connectivity index (χ3v) is 3.92. The van der Waals surface area contributed by atoms with Crippen molar-refractivity contribution >= 4 is 5.91 Å². The molecular formula is C20H23F2NO4. The summed E-state index contributed by atoms with van der Waals surface area (Å²) in [7, 11) is 1.57. The molecule has 0 saturated heterocycles. The van der Waals surface area contributed by atoms with Crippen LogP contribution in [0.15, 0.2) is 36.4 Å². The fourth-order valence-electron chi connectivity index (χ4n) is 2.66. The van der Waals surface area contributed by atoms with Crippen LogP contribution in [-0.2, 0) is 0 Å². The predicted molar refractivity (Wildman–Crippen MR) is 97.9 cm³/mol. The number of alkyl halides is 2. The van der Waals surface area contributed by atoms with Gasteiger partial charge in [-0.15, -0.1) is 0 Å². The van der Waals surface area contributed by atoms with Crippen molar-refractivity contribution in [3.05, 3.63) is 53.1 Å². The summed E-state index contributed by atoms with van der Waals surface area (Å²) in [6.45, 7) is 2.78. The van der Waals surface area contributed by atoms with Crippen molar-refractivity contribution in [2.75, 3.05) is 13.7 Å². The van der Waals surface area contributed by atoms with E-state index in [1.807, 2.05) is 32.0 Å². The maximum atomic E-state index is 12.6. The average Bonchev–Trinajstić information content (AvgIpc) is 2.62. The third-order valence-electron chi connectivity index (χ3n) is 3.92. The number of carbonyl (C=O) groups excluding carboxylic acids is 1. The molecule has 0 aromatic heterocycles. The van der Waals surface area contributed by atoms with E-state index in [2.05, 4.69) is 10.1 Å². The molecule has 0 aliphatic carbocycles. The van der Waals surface area contributed by atoms with Gasteiger partial charge in [0.2, 0.25) is 0 Å². The van der Waals surface area contributed by atoms with Crippen molar-refractivity contribution in [2.45, 2.75) is 33.4 Å². The van der Waals surface area contributed by atoms with Crippen LogP contribution in [0.4, 0.5) is 8.78 Å². The Bertz CT molecular complexity index is 796. The van der Waals surface area contributed by atoms with Gasteiger partial charge in [0, 0.05) is 11.1 Å². The van der Waals surface area contributed by atoms with E-state index in [-0.39, 0.29) is 35.6 Å². The molecule has 146 valence electrons. The summed E-state index contributed by atoms with van der Waals surface area (Å²) >= 11 is 0. The second-order valence-electron chi connectivity index (χ2n) is 5.91. The number of hydrogen-bond donors (Lipinski definition) is 1. The zero-order chi connectivity index (χ0) is 20.0. The maximum absolute atomic E-state index is 12.6. The van der Waals surface area contributed by atoms with Crippen LogP contribution in [0.3, 0.4) is 0 Å². The number of carbonyl (C=O) groups is 1. The smallest absolute Gasteiger partial charge is 0.387 e. The summed E-state index contributed by atoms with van der Waals surface area (Å²) in [6.07, 6.45) is 0. The van der Waals surface area contributed by atoms with E-state index in [9.17, 15) is 13.6 Å². The number of nitrogens with one attached hydrogen (secondary N) is 1. The molecule has 0 spiro atoms. The van der Waals surface area contributed by atoms with E-state index in [1.54, 1.807) is 14.0 Å². The lowest BCUT2D eigenvalue weighted by Crippen LogP contribution is -2.27. The van der Waals surface area contributed by atoms with Crippen LogP contribution < -0.4 is 19.5 Å². The minimum atomic E-state index is -2.97. The quantitative estimate of drug-likeness (QED) is 0.734. The fraction of sp³-hybridized carbons (Fsp3) is 0.350. The van der Waals surface area contributed by atoms with Gasteiger partial charge in [0.05, 0.1) is 19.8 Å². The highest BCUT2D eigenvalue weighted by Gasteiger charge is 2.18. The number of rotatable bonds is 8. The van der Waals surface area contributed by atoms with Gasteiger partial charge in [0.15, 0.2) is 11.5 Å². The first kappa shape index (κ1) is 20.5. The Hall–Kier alpha value is -2.83. The molecule has 7 heteroatoms. The zero-order valence-electron chi connectivity index (χ0n) is 15.7. The van der Waals surface area contributed by atoms with Crippen LogP contribution in [0.5, 0.6) is 17.2 Å². The topological polar surface area (TPSA) is 56.8 Å². The molecule has 0 saturated carbocycles. The molecule has 2 rings (SSSR count). The summed E-state index contributed by atoms with van der Waals surface area (Å²) in [5.74, 6) is 0.280. The molecule has 1 amide bonds. The number of halogens is 2. The molecule has 0 heterocycles. The first-order chi connectivity index (χ1) is 12.8. The summed E-state index contributed by atoms with van der Waals surface area (Å²) < 4.78 is 40.1. The number of ether oxygens (including phenoxy) is 3. The van der Waals surface area contributed by atoms with Crippen LogP contribution in [0, 0.1) is 6.92 Å². The first-order valence-electron chi connectivity index (χ1n) is 8.52. The van der Waals surface area contributed by atoms with Crippen LogP contribution in [0.25, 0.3) is 0 Å². The summed E-state index contributed by atoms with van der Waals surface area (Å²) in [4.78, 5) is 12.6. The van der Waals surface area contributed by atoms with Crippen LogP contribution in [0.1, 0.15) is 41.4 Å². The Labute approximate surface area is 157 Å². The van der Waals surface area contributed by atoms with Crippen molar-refractivity contribution in [2.24, 2.45) is 0 Å². The Morgan fingerprint density at radius 1 is 1.11 bits per heavy atom. The van der Waals surface area contributed by atoms with E-state index in [4.69, 9.17) is 9.47 Å². The molecule has 2 aromatic carbocycles. The van der Waals surface area contributed by atoms with Gasteiger partial charge >= 0.3 is 6.61 Å². The molecular weight excluding hydrogens is 356 g/mol. The number of aryl methyl sites for hydroxylation is 1. The van der Waals surface area contributed by atoms with Crippen molar-refractivity contribution in [1.82, 2.24) is 5.32 Å². The molecule has 5 nitrogen and oxygen atoms in total. The summed E-state index contributed by atoms with van der Waals surface area (Å²) in [5, 5.41) is 2.88. The molecule has 0 fully saturated rings. The number of benzene rings is 2. The number of amides is 1. The SMILES string of the molecule is CCOc1cc(C(=O)NC(C)c2cc(C)ccc2OC)ccc1OC(F)F. The van der Waals surface area contributed by atoms with E-state index >= 15 is 0 Å².